The third kappa shape index (κ3) is 5.09. The van der Waals surface area contributed by atoms with Crippen molar-refractivity contribution in [2.75, 3.05) is 62.7 Å². The van der Waals surface area contributed by atoms with Crippen molar-refractivity contribution in [1.29, 1.82) is 5.26 Å². The third-order valence-corrected chi connectivity index (χ3v) is 8.53. The fourth-order valence-corrected chi connectivity index (χ4v) is 6.02. The van der Waals surface area contributed by atoms with E-state index in [1.807, 2.05) is 24.1 Å². The molecule has 40 heavy (non-hydrogen) atoms. The van der Waals surface area contributed by atoms with Gasteiger partial charge in [0.05, 0.1) is 23.9 Å². The van der Waals surface area contributed by atoms with E-state index in [1.165, 1.54) is 23.5 Å². The van der Waals surface area contributed by atoms with Crippen LogP contribution in [0.3, 0.4) is 0 Å². The number of nitriles is 1. The van der Waals surface area contributed by atoms with E-state index in [-0.39, 0.29) is 17.8 Å². The van der Waals surface area contributed by atoms with Crippen molar-refractivity contribution in [2.45, 2.75) is 6.10 Å². The first-order valence-electron chi connectivity index (χ1n) is 13.1. The topological polar surface area (TPSA) is 99.8 Å². The summed E-state index contributed by atoms with van der Waals surface area (Å²) in [6, 6.07) is 16.4. The van der Waals surface area contributed by atoms with Crippen molar-refractivity contribution < 1.29 is 14.3 Å². The Kier molecular flexibility index (Phi) is 7.06. The molecule has 4 heterocycles. The molecule has 4 aromatic rings. The van der Waals surface area contributed by atoms with Gasteiger partial charge in [0.25, 0.3) is 0 Å². The van der Waals surface area contributed by atoms with Crippen molar-refractivity contribution in [3.63, 3.8) is 0 Å². The number of aliphatic hydroxyl groups is 1. The highest BCUT2D eigenvalue weighted by molar-refractivity contribution is 7.16. The minimum Gasteiger partial charge on any atom is -0.389 e. The number of amides is 1. The van der Waals surface area contributed by atoms with E-state index in [0.29, 0.717) is 40.9 Å². The molecule has 2 saturated heterocycles. The van der Waals surface area contributed by atoms with Crippen molar-refractivity contribution in [3.8, 4) is 17.3 Å². The van der Waals surface area contributed by atoms with Gasteiger partial charge in [0.15, 0.2) is 5.13 Å². The molecule has 2 aliphatic heterocycles. The lowest BCUT2D eigenvalue weighted by Gasteiger charge is -2.39. The largest absolute Gasteiger partial charge is 0.389 e. The number of fused-ring (bicyclic) bond motifs is 1. The van der Waals surface area contributed by atoms with Gasteiger partial charge < -0.3 is 19.8 Å². The second kappa shape index (κ2) is 10.8. The van der Waals surface area contributed by atoms with E-state index in [0.717, 1.165) is 48.5 Å². The molecule has 2 aromatic heterocycles. The number of thiazole rings is 1. The predicted molar refractivity (Wildman–Crippen MR) is 153 cm³/mol. The molecule has 0 unspecified atom stereocenters. The molecule has 2 fully saturated rings. The molecule has 2 aromatic carbocycles. The Morgan fingerprint density at radius 1 is 1.15 bits per heavy atom. The second-order valence-corrected chi connectivity index (χ2v) is 11.1. The zero-order valence-corrected chi connectivity index (χ0v) is 22.8. The second-order valence-electron chi connectivity index (χ2n) is 10.1. The number of rotatable bonds is 6. The maximum Gasteiger partial charge on any atom is 0.236 e. The van der Waals surface area contributed by atoms with Crippen molar-refractivity contribution >= 4 is 44.7 Å². The van der Waals surface area contributed by atoms with Crippen LogP contribution in [0.1, 0.15) is 4.88 Å². The number of β-amino-alcohol motifs (C(OH)–C–C–N with tert-alkyl or cyclic N) is 1. The summed E-state index contributed by atoms with van der Waals surface area (Å²) in [6.45, 7) is 4.41. The molecule has 9 nitrogen and oxygen atoms in total. The Balaban J connectivity index is 1.21. The van der Waals surface area contributed by atoms with Crippen LogP contribution in [0.4, 0.5) is 20.9 Å². The zero-order valence-electron chi connectivity index (χ0n) is 22.0. The smallest absolute Gasteiger partial charge is 0.236 e. The number of benzene rings is 2. The summed E-state index contributed by atoms with van der Waals surface area (Å²) < 4.78 is 13.5. The van der Waals surface area contributed by atoms with Crippen LogP contribution < -0.4 is 9.80 Å². The minimum absolute atomic E-state index is 0.0764. The average molecular weight is 558 g/mol. The van der Waals surface area contributed by atoms with Gasteiger partial charge in [-0.25, -0.2) is 9.37 Å². The molecule has 1 amide bonds. The lowest BCUT2D eigenvalue weighted by Crippen LogP contribution is -2.57. The number of piperazine rings is 1. The number of hydrogen-bond acceptors (Lipinski definition) is 9. The average Bonchev–Trinajstić information content (AvgIpc) is 3.40. The first-order chi connectivity index (χ1) is 19.4. The summed E-state index contributed by atoms with van der Waals surface area (Å²) in [5.74, 6) is -0.260. The number of anilines is 3. The van der Waals surface area contributed by atoms with Gasteiger partial charge in [-0.3, -0.25) is 14.7 Å². The number of hydrogen-bond donors (Lipinski definition) is 1. The summed E-state index contributed by atoms with van der Waals surface area (Å²) in [4.78, 5) is 30.3. The Labute approximate surface area is 235 Å². The molecule has 0 aliphatic carbocycles. The van der Waals surface area contributed by atoms with E-state index < -0.39 is 0 Å². The number of aromatic nitrogens is 2. The Bertz CT molecular complexity index is 1590. The van der Waals surface area contributed by atoms with Crippen molar-refractivity contribution in [1.82, 2.24) is 19.8 Å². The number of likely N-dealkylation sites (tertiary alicyclic amines) is 1. The van der Waals surface area contributed by atoms with Gasteiger partial charge in [-0.05, 0) is 48.5 Å². The van der Waals surface area contributed by atoms with Crippen LogP contribution in [0.15, 0.2) is 54.7 Å². The van der Waals surface area contributed by atoms with E-state index in [2.05, 4.69) is 33.0 Å². The van der Waals surface area contributed by atoms with Crippen LogP contribution >= 0.6 is 11.3 Å². The van der Waals surface area contributed by atoms with Gasteiger partial charge in [0, 0.05) is 69.2 Å². The molecule has 0 spiro atoms. The first-order valence-corrected chi connectivity index (χ1v) is 13.9. The fourth-order valence-electron chi connectivity index (χ4n) is 5.16. The summed E-state index contributed by atoms with van der Waals surface area (Å²) in [5.41, 5.74) is 4.08. The van der Waals surface area contributed by atoms with Crippen LogP contribution in [0, 0.1) is 17.1 Å². The van der Waals surface area contributed by atoms with E-state index in [9.17, 15) is 19.6 Å². The van der Waals surface area contributed by atoms with Crippen LogP contribution in [-0.2, 0) is 4.79 Å². The zero-order chi connectivity index (χ0) is 27.8. The highest BCUT2D eigenvalue weighted by atomic mass is 32.1. The molecule has 0 bridgehead atoms. The number of pyridine rings is 1. The molecular weight excluding hydrogens is 529 g/mol. The highest BCUT2D eigenvalue weighted by Gasteiger charge is 2.30. The number of nitrogens with zero attached hydrogens (tertiary/aromatic N) is 7. The molecule has 0 saturated carbocycles. The van der Waals surface area contributed by atoms with Gasteiger partial charge in [0.2, 0.25) is 5.91 Å². The van der Waals surface area contributed by atoms with E-state index in [1.54, 1.807) is 23.2 Å². The van der Waals surface area contributed by atoms with E-state index in [4.69, 9.17) is 4.98 Å². The third-order valence-electron chi connectivity index (χ3n) is 7.50. The standard InChI is InChI=1S/C29H28FN7O2S/c1-34(29-33-28(26(15-31)40-29)19-2-4-20(30)5-3-19)25-8-9-32-24-7-6-21(14-23(24)25)36-12-10-35(11-13-36)18-27(39)37-16-22(38)17-37/h2-9,14,22,38H,10-13,16-18H2,1H3. The van der Waals surface area contributed by atoms with Crippen LogP contribution in [0.25, 0.3) is 22.2 Å². The van der Waals surface area contributed by atoms with Crippen LogP contribution in [0.2, 0.25) is 0 Å². The summed E-state index contributed by atoms with van der Waals surface area (Å²) in [5, 5.41) is 20.8. The van der Waals surface area contributed by atoms with Crippen molar-refractivity contribution in [2.24, 2.45) is 0 Å². The summed E-state index contributed by atoms with van der Waals surface area (Å²) >= 11 is 1.29. The summed E-state index contributed by atoms with van der Waals surface area (Å²) in [6.07, 6.45) is 1.38. The van der Waals surface area contributed by atoms with Gasteiger partial charge in [-0.15, -0.1) is 0 Å². The highest BCUT2D eigenvalue weighted by Crippen LogP contribution is 2.38. The Morgan fingerprint density at radius 3 is 2.60 bits per heavy atom. The molecule has 6 rings (SSSR count). The van der Waals surface area contributed by atoms with Crippen LogP contribution in [0.5, 0.6) is 0 Å². The molecular formula is C29H28FN7O2S. The number of aliphatic hydroxyl groups excluding tert-OH is 1. The van der Waals surface area contributed by atoms with Crippen molar-refractivity contribution in [3.05, 3.63) is 65.4 Å². The maximum absolute atomic E-state index is 13.5. The van der Waals surface area contributed by atoms with Gasteiger partial charge in [-0.2, -0.15) is 5.26 Å². The monoisotopic (exact) mass is 557 g/mol. The Morgan fingerprint density at radius 2 is 1.90 bits per heavy atom. The summed E-state index contributed by atoms with van der Waals surface area (Å²) in [7, 11) is 1.92. The fraction of sp³-hybridized carbons (Fsp3) is 0.310. The van der Waals surface area contributed by atoms with E-state index >= 15 is 0 Å². The molecule has 204 valence electrons. The minimum atomic E-state index is -0.382. The van der Waals surface area contributed by atoms with Gasteiger partial charge in [0.1, 0.15) is 22.5 Å². The number of carbonyl (C=O) groups is 1. The van der Waals surface area contributed by atoms with Crippen LogP contribution in [-0.4, -0.2) is 89.7 Å². The molecule has 2 aliphatic rings. The lowest BCUT2D eigenvalue weighted by molar-refractivity contribution is -0.142. The normalized spacial score (nSPS) is 16.1. The predicted octanol–water partition coefficient (Wildman–Crippen LogP) is 3.46. The van der Waals surface area contributed by atoms with Gasteiger partial charge in [-0.1, -0.05) is 11.3 Å². The first kappa shape index (κ1) is 26.1. The quantitative estimate of drug-likeness (QED) is 0.385. The SMILES string of the molecule is CN(c1nc(-c2ccc(F)cc2)c(C#N)s1)c1ccnc2ccc(N3CCN(CC(=O)N4CC(O)C4)CC3)cc12. The molecule has 1 N–H and O–H groups in total. The lowest BCUT2D eigenvalue weighted by atomic mass is 10.1. The maximum atomic E-state index is 13.5. The molecule has 11 heteroatoms. The molecule has 0 radical (unpaired) electrons. The van der Waals surface area contributed by atoms with Gasteiger partial charge >= 0.3 is 0 Å². The number of halogens is 1. The Hall–Kier alpha value is -4.11. The molecule has 0 atom stereocenters. The number of carbonyl (C=O) groups excluding carboxylic acids is 1.